The summed E-state index contributed by atoms with van der Waals surface area (Å²) in [5, 5.41) is 4.03. The molecule has 0 radical (unpaired) electrons. The number of aromatic nitrogens is 3. The molecular weight excluding hydrogens is 324 g/mol. The Bertz CT molecular complexity index is 814. The van der Waals surface area contributed by atoms with Crippen LogP contribution >= 0.6 is 0 Å². The lowest BCUT2D eigenvalue weighted by Crippen LogP contribution is -2.39. The molecule has 0 amide bonds. The number of hydrogen-bond acceptors (Lipinski definition) is 4. The maximum absolute atomic E-state index is 13.2. The fraction of sp³-hybridized carbons (Fsp3) is 0.529. The smallest absolute Gasteiger partial charge is 0.246 e. The van der Waals surface area contributed by atoms with Gasteiger partial charge in [0.25, 0.3) is 0 Å². The van der Waals surface area contributed by atoms with Crippen LogP contribution in [0.2, 0.25) is 0 Å². The van der Waals surface area contributed by atoms with Crippen molar-refractivity contribution in [1.82, 2.24) is 19.1 Å². The van der Waals surface area contributed by atoms with Gasteiger partial charge in [0.1, 0.15) is 4.90 Å². The lowest BCUT2D eigenvalue weighted by molar-refractivity contribution is 0.263. The van der Waals surface area contributed by atoms with Crippen molar-refractivity contribution in [1.29, 1.82) is 0 Å². The van der Waals surface area contributed by atoms with Gasteiger partial charge < -0.3 is 0 Å². The summed E-state index contributed by atoms with van der Waals surface area (Å²) in [7, 11) is -1.88. The van der Waals surface area contributed by atoms with Gasteiger partial charge in [0.2, 0.25) is 10.0 Å². The molecule has 2 heterocycles. The Kier molecular flexibility index (Phi) is 4.73. The Morgan fingerprint density at radius 3 is 2.88 bits per heavy atom. The van der Waals surface area contributed by atoms with Gasteiger partial charge in [-0.15, -0.1) is 0 Å². The number of sulfonamides is 1. The molecule has 0 aliphatic heterocycles. The normalized spacial score (nSPS) is 18.1. The molecule has 1 aliphatic carbocycles. The molecular formula is C17H24N4O2S. The molecule has 24 heavy (non-hydrogen) atoms. The van der Waals surface area contributed by atoms with E-state index in [-0.39, 0.29) is 16.9 Å². The molecule has 0 unspecified atom stereocenters. The second kappa shape index (κ2) is 6.64. The fourth-order valence-corrected chi connectivity index (χ4v) is 5.06. The number of pyridine rings is 1. The zero-order valence-corrected chi connectivity index (χ0v) is 15.2. The molecule has 3 rings (SSSR count). The van der Waals surface area contributed by atoms with Gasteiger partial charge in [-0.2, -0.15) is 9.40 Å². The maximum Gasteiger partial charge on any atom is 0.246 e. The Morgan fingerprint density at radius 2 is 2.21 bits per heavy atom. The first-order chi connectivity index (χ1) is 11.4. The van der Waals surface area contributed by atoms with Gasteiger partial charge in [0, 0.05) is 26.0 Å². The van der Waals surface area contributed by atoms with Gasteiger partial charge in [-0.25, -0.2) is 8.42 Å². The van der Waals surface area contributed by atoms with E-state index in [2.05, 4.69) is 16.1 Å². The van der Waals surface area contributed by atoms with E-state index in [0.29, 0.717) is 6.54 Å². The SMILES string of the molecule is CC(C)CN([C@H]1CCCc2cccnc21)S(=O)(=O)c1cnn(C)c1. The molecule has 0 bridgehead atoms. The third-order valence-corrected chi connectivity index (χ3v) is 6.17. The second-order valence-electron chi connectivity index (χ2n) is 6.77. The van der Waals surface area contributed by atoms with Gasteiger partial charge in [-0.3, -0.25) is 9.67 Å². The van der Waals surface area contributed by atoms with Crippen molar-refractivity contribution in [2.75, 3.05) is 6.54 Å². The monoisotopic (exact) mass is 348 g/mol. The zero-order chi connectivity index (χ0) is 17.3. The van der Waals surface area contributed by atoms with Crippen molar-refractivity contribution < 1.29 is 8.42 Å². The van der Waals surface area contributed by atoms with E-state index < -0.39 is 10.0 Å². The number of fused-ring (bicyclic) bond motifs is 1. The van der Waals surface area contributed by atoms with E-state index in [1.54, 1.807) is 23.7 Å². The summed E-state index contributed by atoms with van der Waals surface area (Å²) in [6.07, 6.45) is 7.47. The Morgan fingerprint density at radius 1 is 1.42 bits per heavy atom. The van der Waals surface area contributed by atoms with Gasteiger partial charge in [0.05, 0.1) is 17.9 Å². The van der Waals surface area contributed by atoms with Crippen LogP contribution in [0.25, 0.3) is 0 Å². The molecule has 130 valence electrons. The van der Waals surface area contributed by atoms with E-state index in [1.165, 1.54) is 10.9 Å². The summed E-state index contributed by atoms with van der Waals surface area (Å²) in [4.78, 5) is 4.76. The lowest BCUT2D eigenvalue weighted by Gasteiger charge is -2.34. The minimum absolute atomic E-state index is 0.206. The van der Waals surface area contributed by atoms with E-state index in [9.17, 15) is 8.42 Å². The third-order valence-electron chi connectivity index (χ3n) is 4.35. The van der Waals surface area contributed by atoms with Gasteiger partial charge in [-0.05, 0) is 36.8 Å². The lowest BCUT2D eigenvalue weighted by atomic mass is 9.91. The number of aryl methyl sites for hydroxylation is 2. The predicted molar refractivity (Wildman–Crippen MR) is 91.9 cm³/mol. The van der Waals surface area contributed by atoms with Crippen LogP contribution in [0.5, 0.6) is 0 Å². The van der Waals surface area contributed by atoms with Crippen LogP contribution < -0.4 is 0 Å². The van der Waals surface area contributed by atoms with E-state index in [0.717, 1.165) is 30.5 Å². The van der Waals surface area contributed by atoms with Crippen LogP contribution in [0.15, 0.2) is 35.6 Å². The highest BCUT2D eigenvalue weighted by molar-refractivity contribution is 7.89. The van der Waals surface area contributed by atoms with E-state index in [4.69, 9.17) is 0 Å². The van der Waals surface area contributed by atoms with Crippen LogP contribution in [0.3, 0.4) is 0 Å². The fourth-order valence-electron chi connectivity index (χ4n) is 3.29. The second-order valence-corrected chi connectivity index (χ2v) is 8.66. The molecule has 2 aromatic rings. The van der Waals surface area contributed by atoms with Crippen LogP contribution in [-0.4, -0.2) is 34.0 Å². The summed E-state index contributed by atoms with van der Waals surface area (Å²) in [6.45, 7) is 4.54. The summed E-state index contributed by atoms with van der Waals surface area (Å²) in [5.41, 5.74) is 2.06. The predicted octanol–water partition coefficient (Wildman–Crippen LogP) is 2.54. The highest BCUT2D eigenvalue weighted by Crippen LogP contribution is 2.36. The average molecular weight is 348 g/mol. The average Bonchev–Trinajstić information content (AvgIpc) is 2.99. The highest BCUT2D eigenvalue weighted by Gasteiger charge is 2.36. The summed E-state index contributed by atoms with van der Waals surface area (Å²) in [6, 6.07) is 3.77. The van der Waals surface area contributed by atoms with E-state index >= 15 is 0 Å². The van der Waals surface area contributed by atoms with Crippen molar-refractivity contribution in [2.45, 2.75) is 44.0 Å². The largest absolute Gasteiger partial charge is 0.274 e. The molecule has 0 spiro atoms. The van der Waals surface area contributed by atoms with Gasteiger partial charge in [0.15, 0.2) is 0 Å². The van der Waals surface area contributed by atoms with Crippen molar-refractivity contribution in [3.8, 4) is 0 Å². The van der Waals surface area contributed by atoms with Crippen LogP contribution in [0.1, 0.15) is 44.0 Å². The van der Waals surface area contributed by atoms with E-state index in [1.807, 2.05) is 19.9 Å². The minimum Gasteiger partial charge on any atom is -0.274 e. The molecule has 0 N–H and O–H groups in total. The summed E-state index contributed by atoms with van der Waals surface area (Å²) in [5.74, 6) is 0.227. The number of rotatable bonds is 5. The minimum atomic E-state index is -3.61. The Hall–Kier alpha value is -1.73. The van der Waals surface area contributed by atoms with Crippen molar-refractivity contribution >= 4 is 10.0 Å². The maximum atomic E-state index is 13.2. The Balaban J connectivity index is 2.05. The van der Waals surface area contributed by atoms with Crippen LogP contribution in [-0.2, 0) is 23.5 Å². The first-order valence-corrected chi connectivity index (χ1v) is 9.78. The quantitative estimate of drug-likeness (QED) is 0.833. The molecule has 0 saturated heterocycles. The zero-order valence-electron chi connectivity index (χ0n) is 14.4. The first-order valence-electron chi connectivity index (χ1n) is 8.34. The molecule has 0 saturated carbocycles. The molecule has 2 aromatic heterocycles. The molecule has 0 aromatic carbocycles. The van der Waals surface area contributed by atoms with Crippen molar-refractivity contribution in [3.63, 3.8) is 0 Å². The molecule has 1 atom stereocenters. The molecule has 0 fully saturated rings. The van der Waals surface area contributed by atoms with Crippen LogP contribution in [0.4, 0.5) is 0 Å². The molecule has 1 aliphatic rings. The first kappa shape index (κ1) is 17.1. The third kappa shape index (κ3) is 3.23. The van der Waals surface area contributed by atoms with Gasteiger partial charge >= 0.3 is 0 Å². The standard InChI is InChI=1S/C17H24N4O2S/c1-13(2)11-21(24(22,23)15-10-19-20(3)12-15)16-8-4-6-14-7-5-9-18-17(14)16/h5,7,9-10,12-13,16H,4,6,8,11H2,1-3H3/t16-/m0/s1. The topological polar surface area (TPSA) is 68.1 Å². The molecule has 6 nitrogen and oxygen atoms in total. The Labute approximate surface area is 143 Å². The number of hydrogen-bond donors (Lipinski definition) is 0. The summed E-state index contributed by atoms with van der Waals surface area (Å²) >= 11 is 0. The number of nitrogens with zero attached hydrogens (tertiary/aromatic N) is 4. The summed E-state index contributed by atoms with van der Waals surface area (Å²) < 4.78 is 29.6. The van der Waals surface area contributed by atoms with Crippen LogP contribution in [0, 0.1) is 5.92 Å². The van der Waals surface area contributed by atoms with Crippen molar-refractivity contribution in [3.05, 3.63) is 42.0 Å². The molecule has 7 heteroatoms. The van der Waals surface area contributed by atoms with Crippen molar-refractivity contribution in [2.24, 2.45) is 13.0 Å². The highest BCUT2D eigenvalue weighted by atomic mass is 32.2. The van der Waals surface area contributed by atoms with Gasteiger partial charge in [-0.1, -0.05) is 19.9 Å².